The maximum Gasteiger partial charge on any atom is 0.0624 e. The molecule has 0 bridgehead atoms. The second-order valence-corrected chi connectivity index (χ2v) is 6.88. The van der Waals surface area contributed by atoms with E-state index >= 15 is 0 Å². The number of rotatable bonds is 6. The van der Waals surface area contributed by atoms with Crippen molar-refractivity contribution in [2.45, 2.75) is 39.3 Å². The Morgan fingerprint density at radius 3 is 2.33 bits per heavy atom. The zero-order valence-electron chi connectivity index (χ0n) is 12.7. The van der Waals surface area contributed by atoms with Gasteiger partial charge in [0.1, 0.15) is 0 Å². The summed E-state index contributed by atoms with van der Waals surface area (Å²) < 4.78 is 4.28. The Labute approximate surface area is 143 Å². The zero-order chi connectivity index (χ0) is 15.4. The highest BCUT2D eigenvalue weighted by molar-refractivity contribution is 9.11. The van der Waals surface area contributed by atoms with Gasteiger partial charge in [-0.2, -0.15) is 5.10 Å². The fourth-order valence-electron chi connectivity index (χ4n) is 2.50. The molecule has 2 rings (SSSR count). The molecular weight excluding hydrogens is 394 g/mol. The first-order valence-corrected chi connectivity index (χ1v) is 8.84. The van der Waals surface area contributed by atoms with Crippen molar-refractivity contribution < 1.29 is 0 Å². The first-order valence-electron chi connectivity index (χ1n) is 7.26. The lowest BCUT2D eigenvalue weighted by Gasteiger charge is -2.18. The molecule has 21 heavy (non-hydrogen) atoms. The van der Waals surface area contributed by atoms with Crippen LogP contribution in [0.2, 0.25) is 0 Å². The average molecular weight is 415 g/mol. The van der Waals surface area contributed by atoms with Crippen LogP contribution in [0.15, 0.2) is 33.2 Å². The molecule has 0 saturated carbocycles. The van der Waals surface area contributed by atoms with Gasteiger partial charge in [0.25, 0.3) is 0 Å². The molecule has 0 saturated heterocycles. The molecule has 1 aromatic carbocycles. The van der Waals surface area contributed by atoms with Gasteiger partial charge in [0.15, 0.2) is 0 Å². The quantitative estimate of drug-likeness (QED) is 0.754. The molecule has 1 N–H and O–H groups in total. The van der Waals surface area contributed by atoms with Gasteiger partial charge in [-0.15, -0.1) is 0 Å². The van der Waals surface area contributed by atoms with E-state index in [4.69, 9.17) is 0 Å². The standard InChI is InChI=1S/C16H21Br2N3/c1-4-14-9-15(21(5-2)20-14)10-16(19-3)11-6-12(17)8-13(18)7-11/h6-9,16,19H,4-5,10H2,1-3H3. The Kier molecular flexibility index (Phi) is 6.02. The first kappa shape index (κ1) is 16.7. The Balaban J connectivity index is 2.28. The van der Waals surface area contributed by atoms with Gasteiger partial charge in [-0.3, -0.25) is 4.68 Å². The fraction of sp³-hybridized carbons (Fsp3) is 0.438. The van der Waals surface area contributed by atoms with Crippen LogP contribution < -0.4 is 5.32 Å². The molecule has 0 fully saturated rings. The van der Waals surface area contributed by atoms with Crippen LogP contribution in [0.25, 0.3) is 0 Å². The lowest BCUT2D eigenvalue weighted by molar-refractivity contribution is 0.540. The van der Waals surface area contributed by atoms with Crippen molar-refractivity contribution in [3.63, 3.8) is 0 Å². The van der Waals surface area contributed by atoms with E-state index in [1.54, 1.807) is 0 Å². The molecule has 0 aliphatic carbocycles. The number of aromatic nitrogens is 2. The lowest BCUT2D eigenvalue weighted by atomic mass is 10.0. The largest absolute Gasteiger partial charge is 0.313 e. The normalized spacial score (nSPS) is 12.6. The van der Waals surface area contributed by atoms with Crippen molar-refractivity contribution in [1.82, 2.24) is 15.1 Å². The molecule has 5 heteroatoms. The topological polar surface area (TPSA) is 29.9 Å². The molecular formula is C16H21Br2N3. The third kappa shape index (κ3) is 4.18. The van der Waals surface area contributed by atoms with Crippen LogP contribution in [0.1, 0.15) is 36.8 Å². The predicted octanol–water partition coefficient (Wildman–Crippen LogP) is 4.49. The van der Waals surface area contributed by atoms with Crippen molar-refractivity contribution in [2.75, 3.05) is 7.05 Å². The van der Waals surface area contributed by atoms with Gasteiger partial charge in [-0.1, -0.05) is 38.8 Å². The van der Waals surface area contributed by atoms with Crippen molar-refractivity contribution in [3.05, 3.63) is 50.2 Å². The number of nitrogens with zero attached hydrogens (tertiary/aromatic N) is 2. The summed E-state index contributed by atoms with van der Waals surface area (Å²) >= 11 is 7.13. The minimum atomic E-state index is 0.269. The molecule has 2 aromatic rings. The van der Waals surface area contributed by atoms with Crippen molar-refractivity contribution >= 4 is 31.9 Å². The van der Waals surface area contributed by atoms with Gasteiger partial charge in [-0.25, -0.2) is 0 Å². The van der Waals surface area contributed by atoms with E-state index in [1.165, 1.54) is 11.3 Å². The highest BCUT2D eigenvalue weighted by Crippen LogP contribution is 2.26. The molecule has 0 aliphatic heterocycles. The SMILES string of the molecule is CCc1cc(CC(NC)c2cc(Br)cc(Br)c2)n(CC)n1. The summed E-state index contributed by atoms with van der Waals surface area (Å²) in [6.07, 6.45) is 1.91. The molecule has 1 heterocycles. The Hall–Kier alpha value is -0.650. The summed E-state index contributed by atoms with van der Waals surface area (Å²) in [4.78, 5) is 0. The molecule has 3 nitrogen and oxygen atoms in total. The minimum Gasteiger partial charge on any atom is -0.313 e. The van der Waals surface area contributed by atoms with Crippen LogP contribution in [0, 0.1) is 0 Å². The van der Waals surface area contributed by atoms with Gasteiger partial charge < -0.3 is 5.32 Å². The summed E-state index contributed by atoms with van der Waals surface area (Å²) in [6.45, 7) is 5.20. The molecule has 1 aromatic heterocycles. The zero-order valence-corrected chi connectivity index (χ0v) is 15.8. The summed E-state index contributed by atoms with van der Waals surface area (Å²) in [5.41, 5.74) is 3.71. The third-order valence-corrected chi connectivity index (χ3v) is 4.54. The van der Waals surface area contributed by atoms with E-state index in [0.29, 0.717) is 0 Å². The van der Waals surface area contributed by atoms with Crippen LogP contribution in [0.3, 0.4) is 0 Å². The van der Waals surface area contributed by atoms with Crippen molar-refractivity contribution in [2.24, 2.45) is 0 Å². The number of likely N-dealkylation sites (N-methyl/N-ethyl adjacent to an activating group) is 1. The van der Waals surface area contributed by atoms with Crippen molar-refractivity contribution in [1.29, 1.82) is 0 Å². The Morgan fingerprint density at radius 1 is 1.14 bits per heavy atom. The molecule has 1 unspecified atom stereocenters. The number of nitrogens with one attached hydrogen (secondary N) is 1. The van der Waals surface area contributed by atoms with Crippen molar-refractivity contribution in [3.8, 4) is 0 Å². The van der Waals surface area contributed by atoms with Crippen LogP contribution in [0.4, 0.5) is 0 Å². The molecule has 1 atom stereocenters. The summed E-state index contributed by atoms with van der Waals surface area (Å²) in [7, 11) is 2.01. The molecule has 0 amide bonds. The maximum absolute atomic E-state index is 4.63. The summed E-state index contributed by atoms with van der Waals surface area (Å²) in [5.74, 6) is 0. The molecule has 0 aliphatic rings. The van der Waals surface area contributed by atoms with Crippen LogP contribution in [-0.2, 0) is 19.4 Å². The summed E-state index contributed by atoms with van der Waals surface area (Å²) in [6, 6.07) is 8.88. The number of hydrogen-bond acceptors (Lipinski definition) is 2. The molecule has 114 valence electrons. The van der Waals surface area contributed by atoms with E-state index in [1.807, 2.05) is 7.05 Å². The molecule has 0 spiro atoms. The smallest absolute Gasteiger partial charge is 0.0624 e. The maximum atomic E-state index is 4.63. The van der Waals surface area contributed by atoms with E-state index in [2.05, 4.69) is 85.1 Å². The number of benzene rings is 1. The number of halogens is 2. The Morgan fingerprint density at radius 2 is 1.81 bits per heavy atom. The van der Waals surface area contributed by atoms with Crippen LogP contribution in [0.5, 0.6) is 0 Å². The minimum absolute atomic E-state index is 0.269. The van der Waals surface area contributed by atoms with E-state index in [-0.39, 0.29) is 6.04 Å². The lowest BCUT2D eigenvalue weighted by Crippen LogP contribution is -2.20. The van der Waals surface area contributed by atoms with Gasteiger partial charge in [0.05, 0.1) is 5.69 Å². The number of aryl methyl sites for hydroxylation is 2. The number of hydrogen-bond donors (Lipinski definition) is 1. The van der Waals surface area contributed by atoms with E-state index < -0.39 is 0 Å². The highest BCUT2D eigenvalue weighted by Gasteiger charge is 2.15. The van der Waals surface area contributed by atoms with Crippen LogP contribution >= 0.6 is 31.9 Å². The molecule has 0 radical (unpaired) electrons. The monoisotopic (exact) mass is 413 g/mol. The van der Waals surface area contributed by atoms with Gasteiger partial charge in [0.2, 0.25) is 0 Å². The first-order chi connectivity index (χ1) is 10.1. The fourth-order valence-corrected chi connectivity index (χ4v) is 3.83. The van der Waals surface area contributed by atoms with Crippen LogP contribution in [-0.4, -0.2) is 16.8 Å². The summed E-state index contributed by atoms with van der Waals surface area (Å²) in [5, 5.41) is 8.05. The van der Waals surface area contributed by atoms with E-state index in [9.17, 15) is 0 Å². The van der Waals surface area contributed by atoms with Gasteiger partial charge >= 0.3 is 0 Å². The second kappa shape index (κ2) is 7.56. The Bertz CT molecular complexity index is 587. The third-order valence-electron chi connectivity index (χ3n) is 3.62. The van der Waals surface area contributed by atoms with Gasteiger partial charge in [-0.05, 0) is 50.2 Å². The highest BCUT2D eigenvalue weighted by atomic mass is 79.9. The average Bonchev–Trinajstić information content (AvgIpc) is 2.85. The second-order valence-electron chi connectivity index (χ2n) is 5.04. The predicted molar refractivity (Wildman–Crippen MR) is 94.6 cm³/mol. The van der Waals surface area contributed by atoms with Gasteiger partial charge in [0, 0.05) is 33.6 Å². The van der Waals surface area contributed by atoms with E-state index in [0.717, 1.165) is 34.0 Å².